The maximum atomic E-state index is 12.6. The van der Waals surface area contributed by atoms with Crippen LogP contribution in [0.3, 0.4) is 0 Å². The third kappa shape index (κ3) is 3.80. The van der Waals surface area contributed by atoms with Crippen molar-refractivity contribution in [2.24, 2.45) is 5.92 Å². The Bertz CT molecular complexity index is 659. The highest BCUT2D eigenvalue weighted by molar-refractivity contribution is 5.92. The molecule has 6 nitrogen and oxygen atoms in total. The van der Waals surface area contributed by atoms with Crippen LogP contribution in [0.1, 0.15) is 54.6 Å². The molecule has 1 unspecified atom stereocenters. The van der Waals surface area contributed by atoms with Crippen molar-refractivity contribution in [1.82, 2.24) is 15.1 Å². The van der Waals surface area contributed by atoms with E-state index in [4.69, 9.17) is 4.42 Å². The summed E-state index contributed by atoms with van der Waals surface area (Å²) in [4.78, 5) is 29.4. The predicted octanol–water partition coefficient (Wildman–Crippen LogP) is 2.18. The van der Waals surface area contributed by atoms with Gasteiger partial charge in [-0.05, 0) is 58.1 Å². The molecule has 3 aliphatic rings. The molecule has 4 rings (SSSR count). The predicted molar refractivity (Wildman–Crippen MR) is 97.8 cm³/mol. The minimum atomic E-state index is 0.00582. The summed E-state index contributed by atoms with van der Waals surface area (Å²) in [5.74, 6) is 0.859. The number of likely N-dealkylation sites (tertiary alicyclic amines) is 2. The monoisotopic (exact) mass is 359 g/mol. The fraction of sp³-hybridized carbons (Fsp3) is 0.700. The molecule has 0 radical (unpaired) electrons. The van der Waals surface area contributed by atoms with Crippen LogP contribution in [0.25, 0.3) is 0 Å². The zero-order valence-electron chi connectivity index (χ0n) is 15.6. The van der Waals surface area contributed by atoms with E-state index in [0.29, 0.717) is 17.8 Å². The first kappa shape index (κ1) is 17.6. The summed E-state index contributed by atoms with van der Waals surface area (Å²) in [5.41, 5.74) is 0.901. The quantitative estimate of drug-likeness (QED) is 0.895. The summed E-state index contributed by atoms with van der Waals surface area (Å²) in [7, 11) is 0. The molecular weight excluding hydrogens is 330 g/mol. The summed E-state index contributed by atoms with van der Waals surface area (Å²) in [6.45, 7) is 5.37. The van der Waals surface area contributed by atoms with E-state index in [1.807, 2.05) is 17.9 Å². The lowest BCUT2D eigenvalue weighted by molar-refractivity contribution is -0.127. The third-order valence-corrected chi connectivity index (χ3v) is 6.07. The molecule has 1 saturated carbocycles. The minimum absolute atomic E-state index is 0.00582. The molecule has 2 aliphatic heterocycles. The number of amides is 2. The van der Waals surface area contributed by atoms with Crippen molar-refractivity contribution in [2.75, 3.05) is 26.2 Å². The van der Waals surface area contributed by atoms with Gasteiger partial charge in [-0.2, -0.15) is 0 Å². The highest BCUT2D eigenvalue weighted by Crippen LogP contribution is 2.26. The van der Waals surface area contributed by atoms with E-state index in [1.54, 1.807) is 6.26 Å². The Labute approximate surface area is 154 Å². The van der Waals surface area contributed by atoms with Crippen molar-refractivity contribution >= 4 is 11.8 Å². The van der Waals surface area contributed by atoms with Crippen LogP contribution in [0.15, 0.2) is 16.7 Å². The van der Waals surface area contributed by atoms with Gasteiger partial charge in [0, 0.05) is 37.3 Å². The van der Waals surface area contributed by atoms with Crippen molar-refractivity contribution < 1.29 is 14.0 Å². The largest absolute Gasteiger partial charge is 0.459 e. The van der Waals surface area contributed by atoms with Gasteiger partial charge in [0.15, 0.2) is 5.76 Å². The molecule has 26 heavy (non-hydrogen) atoms. The van der Waals surface area contributed by atoms with Gasteiger partial charge in [0.2, 0.25) is 5.91 Å². The second-order valence-corrected chi connectivity index (χ2v) is 8.07. The lowest BCUT2D eigenvalue weighted by Crippen LogP contribution is -2.51. The summed E-state index contributed by atoms with van der Waals surface area (Å²) in [6.07, 6.45) is 7.91. The molecule has 1 aromatic rings. The van der Waals surface area contributed by atoms with Gasteiger partial charge in [-0.1, -0.05) is 0 Å². The molecule has 0 aromatic carbocycles. The average molecular weight is 359 g/mol. The van der Waals surface area contributed by atoms with E-state index >= 15 is 0 Å². The van der Waals surface area contributed by atoms with Gasteiger partial charge in [0.1, 0.15) is 0 Å². The lowest BCUT2D eigenvalue weighted by atomic mass is 9.93. The van der Waals surface area contributed by atoms with Gasteiger partial charge in [0.25, 0.3) is 5.91 Å². The molecule has 1 aliphatic carbocycles. The summed E-state index contributed by atoms with van der Waals surface area (Å²) in [5, 5.41) is 3.16. The van der Waals surface area contributed by atoms with E-state index in [9.17, 15) is 9.59 Å². The van der Waals surface area contributed by atoms with Crippen LogP contribution in [-0.2, 0) is 4.79 Å². The number of nitrogens with one attached hydrogen (secondary N) is 1. The Morgan fingerprint density at radius 3 is 2.54 bits per heavy atom. The number of hydrogen-bond donors (Lipinski definition) is 1. The van der Waals surface area contributed by atoms with Crippen molar-refractivity contribution in [3.63, 3.8) is 0 Å². The molecule has 1 aromatic heterocycles. The molecule has 1 atom stereocenters. The topological polar surface area (TPSA) is 65.8 Å². The maximum absolute atomic E-state index is 12.6. The van der Waals surface area contributed by atoms with Gasteiger partial charge in [-0.15, -0.1) is 0 Å². The fourth-order valence-electron chi connectivity index (χ4n) is 4.27. The van der Waals surface area contributed by atoms with Gasteiger partial charge in [-0.25, -0.2) is 0 Å². The van der Waals surface area contributed by atoms with E-state index in [0.717, 1.165) is 70.3 Å². The smallest absolute Gasteiger partial charge is 0.289 e. The number of carbonyl (C=O) groups is 2. The highest BCUT2D eigenvalue weighted by Gasteiger charge is 2.34. The van der Waals surface area contributed by atoms with Crippen LogP contribution in [-0.4, -0.2) is 59.9 Å². The number of nitrogens with zero attached hydrogens (tertiary/aromatic N) is 2. The van der Waals surface area contributed by atoms with Gasteiger partial charge in [-0.3, -0.25) is 14.5 Å². The SMILES string of the molecule is Cc1ccoc1C(=O)N1CCC(N2CCCC(C(=O)NC3CC3)C2)CC1. The molecule has 142 valence electrons. The number of aryl methyl sites for hydroxylation is 1. The second-order valence-electron chi connectivity index (χ2n) is 8.07. The standard InChI is InChI=1S/C20H29N3O3/c1-14-8-12-26-18(14)20(25)22-10-6-17(7-11-22)23-9-2-3-15(13-23)19(24)21-16-4-5-16/h8,12,15-17H,2-7,9-11,13H2,1H3,(H,21,24). The number of furan rings is 1. The first-order valence-corrected chi connectivity index (χ1v) is 9.99. The molecule has 0 bridgehead atoms. The number of piperidine rings is 2. The molecule has 1 N–H and O–H groups in total. The maximum Gasteiger partial charge on any atom is 0.289 e. The van der Waals surface area contributed by atoms with Crippen molar-refractivity contribution in [2.45, 2.75) is 57.5 Å². The molecule has 3 heterocycles. The van der Waals surface area contributed by atoms with Crippen molar-refractivity contribution in [3.8, 4) is 0 Å². The summed E-state index contributed by atoms with van der Waals surface area (Å²) < 4.78 is 5.35. The first-order valence-electron chi connectivity index (χ1n) is 9.99. The molecule has 2 saturated heterocycles. The molecule has 6 heteroatoms. The van der Waals surface area contributed by atoms with E-state index in [1.165, 1.54) is 0 Å². The zero-order valence-corrected chi connectivity index (χ0v) is 15.6. The van der Waals surface area contributed by atoms with Gasteiger partial charge < -0.3 is 14.6 Å². The minimum Gasteiger partial charge on any atom is -0.459 e. The number of rotatable bonds is 4. The van der Waals surface area contributed by atoms with E-state index in [-0.39, 0.29) is 17.7 Å². The second kappa shape index (κ2) is 7.43. The van der Waals surface area contributed by atoms with Crippen LogP contribution >= 0.6 is 0 Å². The Balaban J connectivity index is 1.29. The Morgan fingerprint density at radius 2 is 1.88 bits per heavy atom. The first-order chi connectivity index (χ1) is 12.6. The number of hydrogen-bond acceptors (Lipinski definition) is 4. The normalized spacial score (nSPS) is 25.3. The van der Waals surface area contributed by atoms with Crippen LogP contribution in [0, 0.1) is 12.8 Å². The summed E-state index contributed by atoms with van der Waals surface area (Å²) >= 11 is 0. The lowest BCUT2D eigenvalue weighted by Gasteiger charge is -2.41. The Kier molecular flexibility index (Phi) is 5.02. The van der Waals surface area contributed by atoms with Crippen LogP contribution in [0.5, 0.6) is 0 Å². The fourth-order valence-corrected chi connectivity index (χ4v) is 4.27. The molecule has 0 spiro atoms. The summed E-state index contributed by atoms with van der Waals surface area (Å²) in [6, 6.07) is 2.76. The highest BCUT2D eigenvalue weighted by atomic mass is 16.3. The van der Waals surface area contributed by atoms with E-state index < -0.39 is 0 Å². The van der Waals surface area contributed by atoms with Crippen molar-refractivity contribution in [3.05, 3.63) is 23.7 Å². The van der Waals surface area contributed by atoms with E-state index in [2.05, 4.69) is 10.2 Å². The van der Waals surface area contributed by atoms with Crippen LogP contribution in [0.4, 0.5) is 0 Å². The van der Waals surface area contributed by atoms with Gasteiger partial charge in [0.05, 0.1) is 12.2 Å². The zero-order chi connectivity index (χ0) is 18.1. The Morgan fingerprint density at radius 1 is 1.12 bits per heavy atom. The van der Waals surface area contributed by atoms with Crippen LogP contribution in [0.2, 0.25) is 0 Å². The average Bonchev–Trinajstić information content (AvgIpc) is 3.39. The van der Waals surface area contributed by atoms with Gasteiger partial charge >= 0.3 is 0 Å². The Hall–Kier alpha value is -1.82. The van der Waals surface area contributed by atoms with Crippen LogP contribution < -0.4 is 5.32 Å². The molecule has 3 fully saturated rings. The third-order valence-electron chi connectivity index (χ3n) is 6.07. The van der Waals surface area contributed by atoms with Crippen molar-refractivity contribution in [1.29, 1.82) is 0 Å². The molecule has 2 amide bonds. The number of carbonyl (C=O) groups excluding carboxylic acids is 2. The molecular formula is C20H29N3O3.